The number of hydrogen-bond donors (Lipinski definition) is 0. The first-order chi connectivity index (χ1) is 9.61. The van der Waals surface area contributed by atoms with Gasteiger partial charge in [-0.1, -0.05) is 18.2 Å². The number of ether oxygens (including phenoxy) is 1. The van der Waals surface area contributed by atoms with Crippen LogP contribution in [-0.4, -0.2) is 16.1 Å². The fourth-order valence-corrected chi connectivity index (χ4v) is 1.95. The molecule has 102 valence electrons. The fourth-order valence-electron chi connectivity index (χ4n) is 1.95. The van der Waals surface area contributed by atoms with Crippen molar-refractivity contribution in [1.29, 1.82) is 5.26 Å². The highest BCUT2D eigenvalue weighted by molar-refractivity contribution is 5.41. The van der Waals surface area contributed by atoms with Gasteiger partial charge in [0.25, 0.3) is 0 Å². The third kappa shape index (κ3) is 3.12. The van der Waals surface area contributed by atoms with Crippen molar-refractivity contribution in [1.82, 2.24) is 9.97 Å². The van der Waals surface area contributed by atoms with Gasteiger partial charge in [-0.2, -0.15) is 5.26 Å². The summed E-state index contributed by atoms with van der Waals surface area (Å²) >= 11 is 0. The van der Waals surface area contributed by atoms with E-state index < -0.39 is 0 Å². The molecular formula is C16H17N3O. The summed E-state index contributed by atoms with van der Waals surface area (Å²) in [5, 5.41) is 9.13. The van der Waals surface area contributed by atoms with Crippen LogP contribution < -0.4 is 4.74 Å². The first-order valence-electron chi connectivity index (χ1n) is 6.57. The maximum Gasteiger partial charge on any atom is 0.219 e. The van der Waals surface area contributed by atoms with Crippen molar-refractivity contribution >= 4 is 0 Å². The number of nitriles is 1. The molecule has 0 unspecified atom stereocenters. The molecule has 1 aromatic carbocycles. The van der Waals surface area contributed by atoms with E-state index in [0.717, 1.165) is 16.8 Å². The van der Waals surface area contributed by atoms with Crippen LogP contribution in [0.2, 0.25) is 0 Å². The third-order valence-electron chi connectivity index (χ3n) is 2.99. The molecule has 20 heavy (non-hydrogen) atoms. The van der Waals surface area contributed by atoms with Gasteiger partial charge in [-0.25, -0.2) is 9.97 Å². The van der Waals surface area contributed by atoms with E-state index in [1.807, 2.05) is 45.0 Å². The summed E-state index contributed by atoms with van der Waals surface area (Å²) in [7, 11) is 0. The van der Waals surface area contributed by atoms with Gasteiger partial charge in [0.05, 0.1) is 23.4 Å². The quantitative estimate of drug-likeness (QED) is 0.854. The normalized spacial score (nSPS) is 10.3. The highest BCUT2D eigenvalue weighted by atomic mass is 16.5. The molecule has 0 aliphatic heterocycles. The zero-order valence-electron chi connectivity index (χ0n) is 11.9. The lowest BCUT2D eigenvalue weighted by Crippen LogP contribution is -2.10. The van der Waals surface area contributed by atoms with Crippen molar-refractivity contribution in [3.05, 3.63) is 53.0 Å². The summed E-state index contributed by atoms with van der Waals surface area (Å²) in [5.41, 5.74) is 3.46. The number of rotatable bonds is 4. The Morgan fingerprint density at radius 1 is 1.25 bits per heavy atom. The van der Waals surface area contributed by atoms with Gasteiger partial charge in [0.1, 0.15) is 6.33 Å². The topological polar surface area (TPSA) is 58.8 Å². The lowest BCUT2D eigenvalue weighted by Gasteiger charge is -2.13. The summed E-state index contributed by atoms with van der Waals surface area (Å²) in [6.07, 6.45) is 2.18. The zero-order chi connectivity index (χ0) is 14.5. The minimum atomic E-state index is 0.0721. The second kappa shape index (κ2) is 6.16. The molecule has 2 aromatic rings. The SMILES string of the molecule is Cc1c(Cc2ccccc2C#N)ncnc1OC(C)C. The predicted molar refractivity (Wildman–Crippen MR) is 76.5 cm³/mol. The zero-order valence-corrected chi connectivity index (χ0v) is 11.9. The maximum atomic E-state index is 9.13. The van der Waals surface area contributed by atoms with Gasteiger partial charge in [0.15, 0.2) is 0 Å². The van der Waals surface area contributed by atoms with E-state index in [0.29, 0.717) is 17.9 Å². The molecule has 0 amide bonds. The molecule has 4 nitrogen and oxygen atoms in total. The van der Waals surface area contributed by atoms with Crippen LogP contribution in [0.1, 0.15) is 36.2 Å². The number of nitrogens with zero attached hydrogens (tertiary/aromatic N) is 3. The Hall–Kier alpha value is -2.41. The Kier molecular flexibility index (Phi) is 4.31. The molecule has 0 atom stereocenters. The van der Waals surface area contributed by atoms with Gasteiger partial charge in [-0.05, 0) is 32.4 Å². The molecule has 0 saturated heterocycles. The van der Waals surface area contributed by atoms with Crippen LogP contribution in [0.15, 0.2) is 30.6 Å². The van der Waals surface area contributed by atoms with Crippen molar-refractivity contribution in [3.8, 4) is 11.9 Å². The van der Waals surface area contributed by atoms with Crippen molar-refractivity contribution < 1.29 is 4.74 Å². The van der Waals surface area contributed by atoms with Crippen LogP contribution in [0, 0.1) is 18.3 Å². The average molecular weight is 267 g/mol. The van der Waals surface area contributed by atoms with Crippen molar-refractivity contribution in [2.45, 2.75) is 33.3 Å². The first-order valence-corrected chi connectivity index (χ1v) is 6.57. The molecule has 0 aliphatic rings. The smallest absolute Gasteiger partial charge is 0.219 e. The van der Waals surface area contributed by atoms with Crippen LogP contribution in [0.4, 0.5) is 0 Å². The van der Waals surface area contributed by atoms with Gasteiger partial charge < -0.3 is 4.74 Å². The van der Waals surface area contributed by atoms with Crippen molar-refractivity contribution in [2.75, 3.05) is 0 Å². The van der Waals surface area contributed by atoms with Gasteiger partial charge >= 0.3 is 0 Å². The highest BCUT2D eigenvalue weighted by Crippen LogP contribution is 2.21. The standard InChI is InChI=1S/C16H17N3O/c1-11(2)20-16-12(3)15(18-10-19-16)8-13-6-4-5-7-14(13)9-17/h4-7,10-11H,8H2,1-3H3. The Balaban J connectivity index is 2.32. The molecule has 0 fully saturated rings. The molecule has 1 heterocycles. The van der Waals surface area contributed by atoms with Crippen molar-refractivity contribution in [2.24, 2.45) is 0 Å². The Bertz CT molecular complexity index is 644. The molecule has 0 bridgehead atoms. The summed E-state index contributed by atoms with van der Waals surface area (Å²) in [4.78, 5) is 8.48. The van der Waals surface area contributed by atoms with Crippen LogP contribution >= 0.6 is 0 Å². The first kappa shape index (κ1) is 14.0. The van der Waals surface area contributed by atoms with Gasteiger partial charge in [0.2, 0.25) is 5.88 Å². The Morgan fingerprint density at radius 3 is 2.70 bits per heavy atom. The second-order valence-electron chi connectivity index (χ2n) is 4.86. The molecule has 2 rings (SSSR count). The van der Waals surface area contributed by atoms with E-state index >= 15 is 0 Å². The minimum absolute atomic E-state index is 0.0721. The number of benzene rings is 1. The molecule has 4 heteroatoms. The van der Waals surface area contributed by atoms with E-state index in [2.05, 4.69) is 16.0 Å². The lowest BCUT2D eigenvalue weighted by atomic mass is 10.0. The van der Waals surface area contributed by atoms with E-state index in [-0.39, 0.29) is 6.10 Å². The largest absolute Gasteiger partial charge is 0.475 e. The van der Waals surface area contributed by atoms with E-state index in [9.17, 15) is 0 Å². The second-order valence-corrected chi connectivity index (χ2v) is 4.86. The average Bonchev–Trinajstić information content (AvgIpc) is 2.43. The molecule has 0 saturated carbocycles. The Morgan fingerprint density at radius 2 is 2.00 bits per heavy atom. The molecule has 0 radical (unpaired) electrons. The minimum Gasteiger partial charge on any atom is -0.475 e. The number of aromatic nitrogens is 2. The van der Waals surface area contributed by atoms with Crippen molar-refractivity contribution in [3.63, 3.8) is 0 Å². The predicted octanol–water partition coefficient (Wildman–Crippen LogP) is 3.03. The van der Waals surface area contributed by atoms with Crippen LogP contribution in [0.25, 0.3) is 0 Å². The van der Waals surface area contributed by atoms with Crippen LogP contribution in [-0.2, 0) is 6.42 Å². The van der Waals surface area contributed by atoms with Gasteiger partial charge in [0, 0.05) is 12.0 Å². The molecular weight excluding hydrogens is 250 g/mol. The molecule has 0 N–H and O–H groups in total. The molecule has 0 spiro atoms. The third-order valence-corrected chi connectivity index (χ3v) is 2.99. The number of hydrogen-bond acceptors (Lipinski definition) is 4. The summed E-state index contributed by atoms with van der Waals surface area (Å²) in [6.45, 7) is 5.88. The Labute approximate surface area is 119 Å². The van der Waals surface area contributed by atoms with E-state index in [1.165, 1.54) is 6.33 Å². The highest BCUT2D eigenvalue weighted by Gasteiger charge is 2.11. The van der Waals surface area contributed by atoms with Gasteiger partial charge in [-0.15, -0.1) is 0 Å². The van der Waals surface area contributed by atoms with Crippen LogP contribution in [0.3, 0.4) is 0 Å². The summed E-state index contributed by atoms with van der Waals surface area (Å²) < 4.78 is 5.66. The van der Waals surface area contributed by atoms with Gasteiger partial charge in [-0.3, -0.25) is 0 Å². The molecule has 1 aromatic heterocycles. The van der Waals surface area contributed by atoms with Crippen LogP contribution in [0.5, 0.6) is 5.88 Å². The monoisotopic (exact) mass is 267 g/mol. The fraction of sp³-hybridized carbons (Fsp3) is 0.312. The summed E-state index contributed by atoms with van der Waals surface area (Å²) in [6, 6.07) is 9.76. The lowest BCUT2D eigenvalue weighted by molar-refractivity contribution is 0.230. The maximum absolute atomic E-state index is 9.13. The summed E-state index contributed by atoms with van der Waals surface area (Å²) in [5.74, 6) is 0.611. The van der Waals surface area contributed by atoms with E-state index in [4.69, 9.17) is 10.00 Å². The van der Waals surface area contributed by atoms with E-state index in [1.54, 1.807) is 0 Å². The molecule has 0 aliphatic carbocycles.